The van der Waals surface area contributed by atoms with E-state index in [-0.39, 0.29) is 16.8 Å². The number of carbonyl (C=O) groups excluding carboxylic acids is 1. The number of amides is 1. The second kappa shape index (κ2) is 9.27. The SMILES string of the molecule is Cc1ccc(-n2nc(C(=O)N/N=C/c3ccc(N(C)C)cc3)c(C)c(C#N)c2=O)cc1C. The Hall–Kier alpha value is -4.25. The standard InChI is InChI=1S/C24H24N6O2/c1-15-6-9-20(12-16(15)2)30-24(32)21(13-25)17(3)22(28-30)23(31)27-26-14-18-7-10-19(11-8-18)29(4)5/h6-12,14H,1-5H3,(H,27,31)/b26-14+. The van der Waals surface area contributed by atoms with Crippen LogP contribution in [0.1, 0.15) is 38.3 Å². The molecule has 0 aliphatic rings. The third-order valence-electron chi connectivity index (χ3n) is 5.19. The summed E-state index contributed by atoms with van der Waals surface area (Å²) in [5.74, 6) is -0.613. The summed E-state index contributed by atoms with van der Waals surface area (Å²) in [5, 5.41) is 17.7. The van der Waals surface area contributed by atoms with Crippen LogP contribution in [0.3, 0.4) is 0 Å². The monoisotopic (exact) mass is 428 g/mol. The third kappa shape index (κ3) is 4.57. The molecule has 1 amide bonds. The number of benzene rings is 2. The molecule has 8 heteroatoms. The van der Waals surface area contributed by atoms with E-state index < -0.39 is 11.5 Å². The Morgan fingerprint density at radius 3 is 2.41 bits per heavy atom. The van der Waals surface area contributed by atoms with E-state index in [1.807, 2.05) is 69.2 Å². The quantitative estimate of drug-likeness (QED) is 0.497. The minimum atomic E-state index is -0.613. The predicted octanol–water partition coefficient (Wildman–Crippen LogP) is 2.86. The van der Waals surface area contributed by atoms with Crippen molar-refractivity contribution in [2.45, 2.75) is 20.8 Å². The molecule has 8 nitrogen and oxygen atoms in total. The lowest BCUT2D eigenvalue weighted by Gasteiger charge is -2.12. The van der Waals surface area contributed by atoms with Gasteiger partial charge in [-0.15, -0.1) is 0 Å². The van der Waals surface area contributed by atoms with Gasteiger partial charge in [-0.05, 0) is 61.7 Å². The van der Waals surface area contributed by atoms with Crippen LogP contribution in [0.2, 0.25) is 0 Å². The maximum Gasteiger partial charge on any atom is 0.292 e. The molecule has 0 fully saturated rings. The molecule has 0 aliphatic heterocycles. The highest BCUT2D eigenvalue weighted by Gasteiger charge is 2.20. The summed E-state index contributed by atoms with van der Waals surface area (Å²) in [5.41, 5.74) is 6.24. The van der Waals surface area contributed by atoms with Gasteiger partial charge in [0, 0.05) is 25.3 Å². The topological polar surface area (TPSA) is 103 Å². The molecule has 1 N–H and O–H groups in total. The van der Waals surface area contributed by atoms with Gasteiger partial charge in [0.05, 0.1) is 11.9 Å². The first-order valence-electron chi connectivity index (χ1n) is 9.95. The molecule has 0 atom stereocenters. The largest absolute Gasteiger partial charge is 0.378 e. The maximum atomic E-state index is 12.8. The predicted molar refractivity (Wildman–Crippen MR) is 125 cm³/mol. The molecule has 1 heterocycles. The third-order valence-corrected chi connectivity index (χ3v) is 5.19. The summed E-state index contributed by atoms with van der Waals surface area (Å²) in [6, 6.07) is 14.9. The number of aromatic nitrogens is 2. The van der Waals surface area contributed by atoms with Gasteiger partial charge >= 0.3 is 0 Å². The van der Waals surface area contributed by atoms with Gasteiger partial charge in [0.25, 0.3) is 11.5 Å². The van der Waals surface area contributed by atoms with Crippen molar-refractivity contribution >= 4 is 17.8 Å². The lowest BCUT2D eigenvalue weighted by molar-refractivity contribution is 0.0947. The highest BCUT2D eigenvalue weighted by atomic mass is 16.2. The van der Waals surface area contributed by atoms with E-state index in [1.165, 1.54) is 13.1 Å². The first-order valence-corrected chi connectivity index (χ1v) is 9.95. The Labute approximate surface area is 186 Å². The highest BCUT2D eigenvalue weighted by Crippen LogP contribution is 2.15. The molecule has 0 saturated carbocycles. The fourth-order valence-corrected chi connectivity index (χ4v) is 3.06. The fourth-order valence-electron chi connectivity index (χ4n) is 3.06. The van der Waals surface area contributed by atoms with Crippen molar-refractivity contribution in [3.8, 4) is 11.8 Å². The van der Waals surface area contributed by atoms with E-state index in [4.69, 9.17) is 0 Å². The number of carbonyl (C=O) groups is 1. The number of rotatable bonds is 5. The summed E-state index contributed by atoms with van der Waals surface area (Å²) in [6.07, 6.45) is 1.51. The van der Waals surface area contributed by atoms with Crippen LogP contribution in [0.4, 0.5) is 5.69 Å². The van der Waals surface area contributed by atoms with Crippen LogP contribution < -0.4 is 15.9 Å². The molecule has 3 rings (SSSR count). The van der Waals surface area contributed by atoms with Crippen LogP contribution in [0.15, 0.2) is 52.4 Å². The number of nitriles is 1. The first-order chi connectivity index (χ1) is 15.2. The lowest BCUT2D eigenvalue weighted by atomic mass is 10.1. The van der Waals surface area contributed by atoms with E-state index in [9.17, 15) is 14.9 Å². The molecule has 0 spiro atoms. The maximum absolute atomic E-state index is 12.8. The molecule has 0 unspecified atom stereocenters. The van der Waals surface area contributed by atoms with Crippen LogP contribution in [-0.2, 0) is 0 Å². The van der Waals surface area contributed by atoms with Gasteiger partial charge in [0.1, 0.15) is 11.6 Å². The molecule has 32 heavy (non-hydrogen) atoms. The van der Waals surface area contributed by atoms with Crippen molar-refractivity contribution in [2.24, 2.45) is 5.10 Å². The Balaban J connectivity index is 1.92. The van der Waals surface area contributed by atoms with Crippen molar-refractivity contribution in [2.75, 3.05) is 19.0 Å². The van der Waals surface area contributed by atoms with Gasteiger partial charge in [-0.2, -0.15) is 20.1 Å². The minimum absolute atomic E-state index is 0.0421. The molecule has 1 aromatic heterocycles. The summed E-state index contributed by atoms with van der Waals surface area (Å²) < 4.78 is 1.08. The lowest BCUT2D eigenvalue weighted by Crippen LogP contribution is -2.31. The molecule has 162 valence electrons. The zero-order chi connectivity index (χ0) is 23.4. The van der Waals surface area contributed by atoms with E-state index >= 15 is 0 Å². The van der Waals surface area contributed by atoms with Gasteiger partial charge in [0.15, 0.2) is 5.69 Å². The van der Waals surface area contributed by atoms with Gasteiger partial charge < -0.3 is 4.90 Å². The number of nitrogens with zero attached hydrogens (tertiary/aromatic N) is 5. The molecule has 0 aliphatic carbocycles. The molecular formula is C24H24N6O2. The second-order valence-electron chi connectivity index (χ2n) is 7.63. The van der Waals surface area contributed by atoms with Crippen molar-refractivity contribution in [1.29, 1.82) is 5.26 Å². The molecule has 2 aromatic carbocycles. The van der Waals surface area contributed by atoms with Crippen LogP contribution in [0.5, 0.6) is 0 Å². The van der Waals surface area contributed by atoms with Gasteiger partial charge in [-0.25, -0.2) is 5.43 Å². The van der Waals surface area contributed by atoms with Crippen LogP contribution in [0, 0.1) is 32.1 Å². The minimum Gasteiger partial charge on any atom is -0.378 e. The Kier molecular flexibility index (Phi) is 6.50. The van der Waals surface area contributed by atoms with Crippen molar-refractivity contribution in [3.63, 3.8) is 0 Å². The average molecular weight is 428 g/mol. The summed E-state index contributed by atoms with van der Waals surface area (Å²) in [7, 11) is 3.90. The summed E-state index contributed by atoms with van der Waals surface area (Å²) in [6.45, 7) is 5.39. The number of hydrazone groups is 1. The Morgan fingerprint density at radius 2 is 1.81 bits per heavy atom. The molecule has 0 radical (unpaired) electrons. The van der Waals surface area contributed by atoms with Crippen molar-refractivity contribution < 1.29 is 4.79 Å². The van der Waals surface area contributed by atoms with Crippen LogP contribution >= 0.6 is 0 Å². The summed E-state index contributed by atoms with van der Waals surface area (Å²) in [4.78, 5) is 27.5. The molecule has 0 saturated heterocycles. The van der Waals surface area contributed by atoms with E-state index in [1.54, 1.807) is 12.1 Å². The van der Waals surface area contributed by atoms with Crippen LogP contribution in [0.25, 0.3) is 5.69 Å². The smallest absolute Gasteiger partial charge is 0.292 e. The molecule has 0 bridgehead atoms. The number of hydrogen-bond acceptors (Lipinski definition) is 6. The van der Waals surface area contributed by atoms with Gasteiger partial charge in [-0.3, -0.25) is 9.59 Å². The highest BCUT2D eigenvalue weighted by molar-refractivity contribution is 5.94. The number of aryl methyl sites for hydroxylation is 2. The molecular weight excluding hydrogens is 404 g/mol. The number of nitrogens with one attached hydrogen (secondary N) is 1. The normalized spacial score (nSPS) is 10.8. The Morgan fingerprint density at radius 1 is 1.12 bits per heavy atom. The molecule has 3 aromatic rings. The number of anilines is 1. The van der Waals surface area contributed by atoms with E-state index in [0.29, 0.717) is 5.69 Å². The first kappa shape index (κ1) is 22.4. The fraction of sp³-hybridized carbons (Fsp3) is 0.208. The van der Waals surface area contributed by atoms with Crippen LogP contribution in [-0.4, -0.2) is 36.0 Å². The second-order valence-corrected chi connectivity index (χ2v) is 7.63. The van der Waals surface area contributed by atoms with Gasteiger partial charge in [0.2, 0.25) is 0 Å². The van der Waals surface area contributed by atoms with Crippen molar-refractivity contribution in [1.82, 2.24) is 15.2 Å². The van der Waals surface area contributed by atoms with E-state index in [0.717, 1.165) is 27.1 Å². The summed E-state index contributed by atoms with van der Waals surface area (Å²) >= 11 is 0. The van der Waals surface area contributed by atoms with Crippen molar-refractivity contribution in [3.05, 3.63) is 86.3 Å². The van der Waals surface area contributed by atoms with E-state index in [2.05, 4.69) is 15.6 Å². The zero-order valence-corrected chi connectivity index (χ0v) is 18.7. The average Bonchev–Trinajstić information content (AvgIpc) is 2.76. The number of hydrogen-bond donors (Lipinski definition) is 1. The van der Waals surface area contributed by atoms with Gasteiger partial charge in [-0.1, -0.05) is 18.2 Å². The zero-order valence-electron chi connectivity index (χ0n) is 18.7. The Bertz CT molecular complexity index is 1300.